The molecule has 0 aromatic rings. The number of carbonyl (C=O) groups excluding carboxylic acids is 4. The summed E-state index contributed by atoms with van der Waals surface area (Å²) in [5, 5.41) is 10.7. The van der Waals surface area contributed by atoms with Crippen molar-refractivity contribution in [2.75, 3.05) is 39.6 Å². The van der Waals surface area contributed by atoms with Crippen LogP contribution >= 0.6 is 15.6 Å². The number of aliphatic hydroxyl groups is 1. The van der Waals surface area contributed by atoms with Crippen molar-refractivity contribution < 1.29 is 80.2 Å². The average molecular weight is 1550 g/mol. The van der Waals surface area contributed by atoms with Crippen LogP contribution in [0, 0.1) is 11.8 Å². The Bertz CT molecular complexity index is 2030. The Hall–Kier alpha value is -1.94. The largest absolute Gasteiger partial charge is 0.472 e. The summed E-state index contributed by atoms with van der Waals surface area (Å²) in [5.74, 6) is -0.437. The second-order valence-electron chi connectivity index (χ2n) is 32.0. The lowest BCUT2D eigenvalue weighted by Crippen LogP contribution is -2.30. The normalized spacial score (nSPS) is 14.1. The number of rotatable bonds is 86. The van der Waals surface area contributed by atoms with Crippen molar-refractivity contribution in [3.63, 3.8) is 0 Å². The molecule has 0 aliphatic heterocycles. The number of phosphoric ester groups is 2. The van der Waals surface area contributed by atoms with Crippen LogP contribution in [0.3, 0.4) is 0 Å². The van der Waals surface area contributed by atoms with E-state index in [1.165, 1.54) is 276 Å². The van der Waals surface area contributed by atoms with Crippen molar-refractivity contribution in [2.45, 2.75) is 484 Å². The van der Waals surface area contributed by atoms with E-state index in [1.807, 2.05) is 0 Å². The van der Waals surface area contributed by atoms with Gasteiger partial charge in [0.25, 0.3) is 0 Å². The second-order valence-corrected chi connectivity index (χ2v) is 34.9. The van der Waals surface area contributed by atoms with Crippen molar-refractivity contribution in [2.24, 2.45) is 11.8 Å². The molecular formula is C87H170O17P2. The van der Waals surface area contributed by atoms with Gasteiger partial charge in [0.05, 0.1) is 26.4 Å². The van der Waals surface area contributed by atoms with Crippen LogP contribution in [0.2, 0.25) is 0 Å². The summed E-state index contributed by atoms with van der Waals surface area (Å²) in [6.07, 6.45) is 70.9. The van der Waals surface area contributed by atoms with Crippen LogP contribution in [-0.4, -0.2) is 96.7 Å². The fourth-order valence-corrected chi connectivity index (χ4v) is 15.1. The Kier molecular flexibility index (Phi) is 76.9. The van der Waals surface area contributed by atoms with Crippen LogP contribution < -0.4 is 0 Å². The van der Waals surface area contributed by atoms with E-state index >= 15 is 0 Å². The number of ether oxygens (including phenoxy) is 4. The lowest BCUT2D eigenvalue weighted by atomic mass is 9.99. The monoisotopic (exact) mass is 1550 g/mol. The second kappa shape index (κ2) is 78.3. The minimum atomic E-state index is -4.97. The molecule has 0 spiro atoms. The third-order valence-corrected chi connectivity index (χ3v) is 22.7. The highest BCUT2D eigenvalue weighted by Crippen LogP contribution is 2.45. The van der Waals surface area contributed by atoms with Crippen LogP contribution in [0.1, 0.15) is 465 Å². The first-order valence-electron chi connectivity index (χ1n) is 45.0. The van der Waals surface area contributed by atoms with E-state index in [-0.39, 0.29) is 25.7 Å². The molecule has 0 saturated heterocycles. The van der Waals surface area contributed by atoms with E-state index < -0.39 is 97.5 Å². The van der Waals surface area contributed by atoms with Crippen LogP contribution in [-0.2, 0) is 65.4 Å². The molecule has 0 aliphatic rings. The van der Waals surface area contributed by atoms with Crippen molar-refractivity contribution in [3.8, 4) is 0 Å². The van der Waals surface area contributed by atoms with Gasteiger partial charge in [-0.3, -0.25) is 37.3 Å². The predicted octanol–water partition coefficient (Wildman–Crippen LogP) is 26.6. The lowest BCUT2D eigenvalue weighted by Gasteiger charge is -2.21. The molecule has 0 bridgehead atoms. The van der Waals surface area contributed by atoms with Gasteiger partial charge in [0.2, 0.25) is 0 Å². The third-order valence-electron chi connectivity index (χ3n) is 20.8. The molecule has 17 nitrogen and oxygen atoms in total. The Morgan fingerprint density at radius 1 is 0.274 bits per heavy atom. The van der Waals surface area contributed by atoms with Gasteiger partial charge >= 0.3 is 39.5 Å². The van der Waals surface area contributed by atoms with Gasteiger partial charge in [0.15, 0.2) is 12.2 Å². The van der Waals surface area contributed by atoms with E-state index in [1.54, 1.807) is 0 Å². The summed E-state index contributed by atoms with van der Waals surface area (Å²) in [6, 6.07) is 0. The number of hydrogen-bond donors (Lipinski definition) is 3. The van der Waals surface area contributed by atoms with Crippen LogP contribution in [0.5, 0.6) is 0 Å². The minimum Gasteiger partial charge on any atom is -0.462 e. The van der Waals surface area contributed by atoms with Gasteiger partial charge in [0.1, 0.15) is 19.3 Å². The van der Waals surface area contributed by atoms with E-state index in [0.717, 1.165) is 108 Å². The molecule has 0 radical (unpaired) electrons. The molecule has 630 valence electrons. The first-order chi connectivity index (χ1) is 51.4. The van der Waals surface area contributed by atoms with Gasteiger partial charge in [-0.25, -0.2) is 9.13 Å². The zero-order chi connectivity index (χ0) is 77.8. The Balaban J connectivity index is 5.18. The van der Waals surface area contributed by atoms with Crippen LogP contribution in [0.4, 0.5) is 0 Å². The van der Waals surface area contributed by atoms with E-state index in [4.69, 9.17) is 37.0 Å². The standard InChI is InChI=1S/C87H170O17P2/c1-7-10-12-14-16-18-19-20-21-22-23-27-30-36-41-46-52-58-64-70-85(90)98-76-83(104-87(92)71-65-59-53-47-42-37-31-28-25-24-26-29-35-40-45-50-56-62-68-80(6)9-3)78-102-106(95,96)100-74-81(88)73-99-105(93,94)101-77-82(75-97-84(89)69-63-57-51-17-15-13-11-8-2)103-86(91)72-66-60-54-48-43-38-33-32-34-39-44-49-55-61-67-79(4)5/h79-83,88H,7-78H2,1-6H3,(H,93,94)(H,95,96)/t80?,81-,82+,83+/m0/s1. The van der Waals surface area contributed by atoms with Crippen LogP contribution in [0.15, 0.2) is 0 Å². The van der Waals surface area contributed by atoms with E-state index in [0.29, 0.717) is 25.7 Å². The van der Waals surface area contributed by atoms with Crippen molar-refractivity contribution in [3.05, 3.63) is 0 Å². The summed E-state index contributed by atoms with van der Waals surface area (Å²) in [5.41, 5.74) is 0. The highest BCUT2D eigenvalue weighted by molar-refractivity contribution is 7.47. The minimum absolute atomic E-state index is 0.108. The number of phosphoric acid groups is 2. The van der Waals surface area contributed by atoms with Gasteiger partial charge in [0, 0.05) is 25.7 Å². The molecule has 0 heterocycles. The smallest absolute Gasteiger partial charge is 0.462 e. The van der Waals surface area contributed by atoms with Crippen LogP contribution in [0.25, 0.3) is 0 Å². The molecule has 0 aromatic heterocycles. The SMILES string of the molecule is CCCCCCCCCCCCCCCCCCCCCC(=O)OC[C@H](COP(=O)(O)OC[C@@H](O)COP(=O)(O)OC[C@@H](COC(=O)CCCCCCCCCC)OC(=O)CCCCCCCCCCCCCCCCC(C)C)OC(=O)CCCCCCCCCCCCCCCCCCCCC(C)CC. The number of carbonyl (C=O) groups is 4. The molecule has 0 amide bonds. The molecule has 0 fully saturated rings. The first-order valence-corrected chi connectivity index (χ1v) is 48.0. The van der Waals surface area contributed by atoms with Gasteiger partial charge in [-0.05, 0) is 37.5 Å². The highest BCUT2D eigenvalue weighted by Gasteiger charge is 2.30. The highest BCUT2D eigenvalue weighted by atomic mass is 31.2. The Morgan fingerprint density at radius 2 is 0.481 bits per heavy atom. The third kappa shape index (κ3) is 78.7. The number of unbranched alkanes of at least 4 members (excludes halogenated alkanes) is 55. The molecular weight excluding hydrogens is 1380 g/mol. The molecule has 3 unspecified atom stereocenters. The summed E-state index contributed by atoms with van der Waals surface area (Å²) in [4.78, 5) is 73.1. The van der Waals surface area contributed by atoms with Gasteiger partial charge in [-0.2, -0.15) is 0 Å². The number of aliphatic hydroxyl groups excluding tert-OH is 1. The lowest BCUT2D eigenvalue weighted by molar-refractivity contribution is -0.161. The Morgan fingerprint density at radius 3 is 0.717 bits per heavy atom. The average Bonchev–Trinajstić information content (AvgIpc) is 0.900. The molecule has 0 aromatic carbocycles. The molecule has 6 atom stereocenters. The maximum absolute atomic E-state index is 13.1. The van der Waals surface area contributed by atoms with Crippen molar-refractivity contribution in [1.29, 1.82) is 0 Å². The fraction of sp³-hybridized carbons (Fsp3) is 0.954. The summed E-state index contributed by atoms with van der Waals surface area (Å²) >= 11 is 0. The van der Waals surface area contributed by atoms with Crippen molar-refractivity contribution in [1.82, 2.24) is 0 Å². The summed E-state index contributed by atoms with van der Waals surface area (Å²) in [6.45, 7) is 9.74. The fourth-order valence-electron chi connectivity index (χ4n) is 13.6. The molecule has 106 heavy (non-hydrogen) atoms. The van der Waals surface area contributed by atoms with E-state index in [9.17, 15) is 43.2 Å². The first kappa shape index (κ1) is 104. The predicted molar refractivity (Wildman–Crippen MR) is 437 cm³/mol. The number of esters is 4. The molecule has 0 aliphatic carbocycles. The number of hydrogen-bond acceptors (Lipinski definition) is 15. The molecule has 19 heteroatoms. The van der Waals surface area contributed by atoms with E-state index in [2.05, 4.69) is 41.5 Å². The zero-order valence-corrected chi connectivity index (χ0v) is 71.5. The maximum Gasteiger partial charge on any atom is 0.472 e. The molecule has 0 saturated carbocycles. The quantitative estimate of drug-likeness (QED) is 0.0222. The van der Waals surface area contributed by atoms with Gasteiger partial charge in [-0.15, -0.1) is 0 Å². The summed E-state index contributed by atoms with van der Waals surface area (Å²) in [7, 11) is -9.92. The zero-order valence-electron chi connectivity index (χ0n) is 69.7. The topological polar surface area (TPSA) is 237 Å². The van der Waals surface area contributed by atoms with Gasteiger partial charge < -0.3 is 33.8 Å². The summed E-state index contributed by atoms with van der Waals surface area (Å²) < 4.78 is 68.8. The molecule has 0 rings (SSSR count). The molecule has 3 N–H and O–H groups in total. The Labute approximate surface area is 651 Å². The van der Waals surface area contributed by atoms with Gasteiger partial charge in [-0.1, -0.05) is 414 Å². The maximum atomic E-state index is 13.1. The van der Waals surface area contributed by atoms with Crippen molar-refractivity contribution >= 4 is 39.5 Å².